The minimum absolute atomic E-state index is 0.868. The summed E-state index contributed by atoms with van der Waals surface area (Å²) in [6.07, 6.45) is 0. The lowest BCUT2D eigenvalue weighted by Crippen LogP contribution is -1.85. The predicted octanol–water partition coefficient (Wildman–Crippen LogP) is 2.38. The summed E-state index contributed by atoms with van der Waals surface area (Å²) in [4.78, 5) is 0. The summed E-state index contributed by atoms with van der Waals surface area (Å²) in [5, 5.41) is 0. The van der Waals surface area contributed by atoms with Crippen LogP contribution in [0.15, 0.2) is 18.2 Å². The number of hydrogen-bond donors (Lipinski definition) is 0. The van der Waals surface area contributed by atoms with Crippen LogP contribution in [0.1, 0.15) is 18.1 Å². The molecule has 1 heteroatoms. The van der Waals surface area contributed by atoms with E-state index in [0.29, 0.717) is 0 Å². The van der Waals surface area contributed by atoms with Gasteiger partial charge in [-0.25, -0.2) is 0 Å². The molecule has 0 atom stereocenters. The molecule has 0 spiro atoms. The first-order valence-corrected chi connectivity index (χ1v) is 3.84. The van der Waals surface area contributed by atoms with Crippen LogP contribution in [0.25, 0.3) is 0 Å². The Morgan fingerprint density at radius 2 is 2.00 bits per heavy atom. The molecule has 0 amide bonds. The molecule has 62 valence electrons. The van der Waals surface area contributed by atoms with E-state index in [4.69, 9.17) is 4.74 Å². The average Bonchev–Trinajstić information content (AvgIpc) is 2.04. The first-order valence-electron chi connectivity index (χ1n) is 3.84. The highest BCUT2D eigenvalue weighted by molar-refractivity contribution is 5.42. The Morgan fingerprint density at radius 1 is 1.25 bits per heavy atom. The fourth-order valence-corrected chi connectivity index (χ4v) is 1.08. The van der Waals surface area contributed by atoms with Gasteiger partial charge in [-0.15, -0.1) is 5.92 Å². The molecule has 0 saturated heterocycles. The van der Waals surface area contributed by atoms with Crippen LogP contribution in [0.4, 0.5) is 0 Å². The topological polar surface area (TPSA) is 9.23 Å². The number of rotatable bonds is 1. The van der Waals surface area contributed by atoms with Crippen molar-refractivity contribution in [2.24, 2.45) is 0 Å². The Hall–Kier alpha value is -1.42. The molecule has 0 N–H and O–H groups in total. The minimum atomic E-state index is 0.868. The van der Waals surface area contributed by atoms with E-state index in [9.17, 15) is 0 Å². The quantitative estimate of drug-likeness (QED) is 0.573. The molecule has 0 radical (unpaired) electrons. The van der Waals surface area contributed by atoms with Crippen molar-refractivity contribution in [3.63, 3.8) is 0 Å². The van der Waals surface area contributed by atoms with Crippen LogP contribution in [-0.4, -0.2) is 7.11 Å². The summed E-state index contributed by atoms with van der Waals surface area (Å²) in [7, 11) is 1.66. The van der Waals surface area contributed by atoms with Crippen molar-refractivity contribution in [1.82, 2.24) is 0 Å². The molecule has 0 aromatic heterocycles. The number of benzene rings is 1. The molecule has 0 heterocycles. The molecular weight excluding hydrogens is 148 g/mol. The molecular formula is C11H12O. The van der Waals surface area contributed by atoms with Gasteiger partial charge in [0.05, 0.1) is 7.11 Å². The van der Waals surface area contributed by atoms with Crippen LogP contribution in [0.5, 0.6) is 5.75 Å². The first kappa shape index (κ1) is 8.67. The Bertz CT molecular complexity index is 329. The zero-order valence-electron chi connectivity index (χ0n) is 7.64. The van der Waals surface area contributed by atoms with Gasteiger partial charge in [0.25, 0.3) is 0 Å². The molecule has 0 aliphatic heterocycles. The Labute approximate surface area is 73.4 Å². The first-order chi connectivity index (χ1) is 5.76. The van der Waals surface area contributed by atoms with Crippen molar-refractivity contribution in [2.45, 2.75) is 13.8 Å². The fourth-order valence-electron chi connectivity index (χ4n) is 1.08. The van der Waals surface area contributed by atoms with Gasteiger partial charge in [0.1, 0.15) is 5.75 Å². The normalized spacial score (nSPS) is 8.58. The summed E-state index contributed by atoms with van der Waals surface area (Å²) in [6.45, 7) is 3.86. The van der Waals surface area contributed by atoms with Crippen LogP contribution in [-0.2, 0) is 0 Å². The third-order valence-corrected chi connectivity index (χ3v) is 1.56. The van der Waals surface area contributed by atoms with Crippen molar-refractivity contribution in [3.05, 3.63) is 29.3 Å². The zero-order chi connectivity index (χ0) is 8.97. The molecule has 1 nitrogen and oxygen atoms in total. The number of aryl methyl sites for hydroxylation is 1. The van der Waals surface area contributed by atoms with Gasteiger partial charge in [-0.1, -0.05) is 5.92 Å². The third-order valence-electron chi connectivity index (χ3n) is 1.56. The second-order valence-electron chi connectivity index (χ2n) is 2.61. The Balaban J connectivity index is 3.12. The number of ether oxygens (including phenoxy) is 1. The monoisotopic (exact) mass is 160 g/mol. The molecule has 0 unspecified atom stereocenters. The van der Waals surface area contributed by atoms with Crippen LogP contribution < -0.4 is 4.74 Å². The van der Waals surface area contributed by atoms with Crippen LogP contribution in [0.3, 0.4) is 0 Å². The van der Waals surface area contributed by atoms with Gasteiger partial charge in [0.15, 0.2) is 0 Å². The largest absolute Gasteiger partial charge is 0.497 e. The van der Waals surface area contributed by atoms with Gasteiger partial charge in [0.2, 0.25) is 0 Å². The van der Waals surface area contributed by atoms with E-state index in [1.807, 2.05) is 32.0 Å². The lowest BCUT2D eigenvalue weighted by Gasteiger charge is -2.01. The summed E-state index contributed by atoms with van der Waals surface area (Å²) in [5.74, 6) is 6.72. The standard InChI is InChI=1S/C11H12O/c1-4-5-10-6-9(2)7-11(8-10)12-3/h6-8H,1-3H3. The van der Waals surface area contributed by atoms with E-state index in [1.54, 1.807) is 7.11 Å². The van der Waals surface area contributed by atoms with Gasteiger partial charge in [-0.3, -0.25) is 0 Å². The molecule has 0 fully saturated rings. The highest BCUT2D eigenvalue weighted by Gasteiger charge is 1.94. The predicted molar refractivity (Wildman–Crippen MR) is 50.3 cm³/mol. The van der Waals surface area contributed by atoms with Crippen molar-refractivity contribution in [2.75, 3.05) is 7.11 Å². The highest BCUT2D eigenvalue weighted by atomic mass is 16.5. The van der Waals surface area contributed by atoms with Gasteiger partial charge in [-0.2, -0.15) is 0 Å². The average molecular weight is 160 g/mol. The van der Waals surface area contributed by atoms with Crippen LogP contribution in [0.2, 0.25) is 0 Å². The van der Waals surface area contributed by atoms with Gasteiger partial charge in [-0.05, 0) is 37.6 Å². The molecule has 0 bridgehead atoms. The van der Waals surface area contributed by atoms with E-state index in [1.165, 1.54) is 5.56 Å². The van der Waals surface area contributed by atoms with E-state index in [-0.39, 0.29) is 0 Å². The highest BCUT2D eigenvalue weighted by Crippen LogP contribution is 2.15. The zero-order valence-corrected chi connectivity index (χ0v) is 7.64. The van der Waals surface area contributed by atoms with E-state index < -0.39 is 0 Å². The summed E-state index contributed by atoms with van der Waals surface area (Å²) >= 11 is 0. The van der Waals surface area contributed by atoms with Gasteiger partial charge >= 0.3 is 0 Å². The summed E-state index contributed by atoms with van der Waals surface area (Å²) in [5.41, 5.74) is 2.18. The van der Waals surface area contributed by atoms with Crippen molar-refractivity contribution in [3.8, 4) is 17.6 Å². The minimum Gasteiger partial charge on any atom is -0.497 e. The molecule has 0 saturated carbocycles. The molecule has 1 rings (SSSR count). The molecule has 12 heavy (non-hydrogen) atoms. The summed E-state index contributed by atoms with van der Waals surface area (Å²) < 4.78 is 5.11. The smallest absolute Gasteiger partial charge is 0.120 e. The molecule has 0 aliphatic rings. The number of methoxy groups -OCH3 is 1. The van der Waals surface area contributed by atoms with Crippen LogP contribution in [0, 0.1) is 18.8 Å². The van der Waals surface area contributed by atoms with Gasteiger partial charge < -0.3 is 4.74 Å². The lowest BCUT2D eigenvalue weighted by molar-refractivity contribution is 0.414. The van der Waals surface area contributed by atoms with E-state index in [2.05, 4.69) is 11.8 Å². The second kappa shape index (κ2) is 3.82. The third kappa shape index (κ3) is 2.03. The molecule has 1 aromatic carbocycles. The SMILES string of the molecule is CC#Cc1cc(C)cc(OC)c1. The van der Waals surface area contributed by atoms with E-state index >= 15 is 0 Å². The maximum atomic E-state index is 5.11. The Kier molecular flexibility index (Phi) is 2.76. The van der Waals surface area contributed by atoms with Gasteiger partial charge in [0, 0.05) is 5.56 Å². The van der Waals surface area contributed by atoms with Crippen LogP contribution >= 0.6 is 0 Å². The molecule has 1 aromatic rings. The second-order valence-corrected chi connectivity index (χ2v) is 2.61. The maximum Gasteiger partial charge on any atom is 0.120 e. The van der Waals surface area contributed by atoms with E-state index in [0.717, 1.165) is 11.3 Å². The van der Waals surface area contributed by atoms with Crippen molar-refractivity contribution >= 4 is 0 Å². The van der Waals surface area contributed by atoms with Crippen molar-refractivity contribution < 1.29 is 4.74 Å². The molecule has 0 aliphatic carbocycles. The van der Waals surface area contributed by atoms with Crippen molar-refractivity contribution in [1.29, 1.82) is 0 Å². The lowest BCUT2D eigenvalue weighted by atomic mass is 10.1. The number of hydrogen-bond acceptors (Lipinski definition) is 1. The maximum absolute atomic E-state index is 5.11. The Morgan fingerprint density at radius 3 is 2.58 bits per heavy atom. The fraction of sp³-hybridized carbons (Fsp3) is 0.273. The summed E-state index contributed by atoms with van der Waals surface area (Å²) in [6, 6.07) is 5.96.